The van der Waals surface area contributed by atoms with Crippen LogP contribution in [-0.2, 0) is 0 Å². The predicted octanol–water partition coefficient (Wildman–Crippen LogP) is -0.406. The molecule has 0 aromatic heterocycles. The molecule has 0 bridgehead atoms. The van der Waals surface area contributed by atoms with Crippen molar-refractivity contribution in [3.8, 4) is 6.07 Å². The highest BCUT2D eigenvalue weighted by Crippen LogP contribution is 2.28. The van der Waals surface area contributed by atoms with E-state index in [0.29, 0.717) is 0 Å². The van der Waals surface area contributed by atoms with Crippen molar-refractivity contribution in [2.75, 3.05) is 25.1 Å². The molecule has 0 aliphatic heterocycles. The molecule has 0 unspecified atom stereocenters. The van der Waals surface area contributed by atoms with Gasteiger partial charge in [0.25, 0.3) is 5.69 Å². The van der Waals surface area contributed by atoms with Crippen LogP contribution in [0.25, 0.3) is 0 Å². The fourth-order valence-electron chi connectivity index (χ4n) is 1.42. The lowest BCUT2D eigenvalue weighted by Gasteiger charge is -2.29. The Balaban J connectivity index is 3.24. The molecule has 1 aromatic carbocycles. The van der Waals surface area contributed by atoms with Crippen molar-refractivity contribution in [3.05, 3.63) is 33.9 Å². The van der Waals surface area contributed by atoms with Crippen molar-refractivity contribution in [1.82, 2.24) is 0 Å². The van der Waals surface area contributed by atoms with Gasteiger partial charge in [0, 0.05) is 6.07 Å². The second kappa shape index (κ2) is 6.10. The molecule has 0 aliphatic rings. The monoisotopic (exact) mass is 267 g/mol. The number of nitro benzene ring substituents is 1. The van der Waals surface area contributed by atoms with Crippen molar-refractivity contribution in [3.63, 3.8) is 0 Å². The summed E-state index contributed by atoms with van der Waals surface area (Å²) in [6.07, 6.45) is 0. The molecule has 4 N–H and O–H groups in total. The largest absolute Gasteiger partial charge is 0.394 e. The summed E-state index contributed by atoms with van der Waals surface area (Å²) in [5.41, 5.74) is -1.70. The minimum Gasteiger partial charge on any atom is -0.394 e. The van der Waals surface area contributed by atoms with Gasteiger partial charge in [0.15, 0.2) is 0 Å². The first kappa shape index (κ1) is 14.8. The van der Waals surface area contributed by atoms with Crippen molar-refractivity contribution < 1.29 is 20.2 Å². The van der Waals surface area contributed by atoms with E-state index in [1.165, 1.54) is 12.1 Å². The third-order valence-electron chi connectivity index (χ3n) is 2.63. The molecule has 0 saturated carbocycles. The number of anilines is 1. The van der Waals surface area contributed by atoms with E-state index in [-0.39, 0.29) is 16.9 Å². The predicted molar refractivity (Wildman–Crippen MR) is 65.4 cm³/mol. The Hall–Kier alpha value is -2.21. The normalized spacial score (nSPS) is 10.8. The Labute approximate surface area is 108 Å². The summed E-state index contributed by atoms with van der Waals surface area (Å²) in [6.45, 7) is -1.89. The van der Waals surface area contributed by atoms with Gasteiger partial charge in [-0.15, -0.1) is 0 Å². The summed E-state index contributed by atoms with van der Waals surface area (Å²) in [5, 5.41) is 49.7. The van der Waals surface area contributed by atoms with Gasteiger partial charge in [-0.25, -0.2) is 0 Å². The average molecular weight is 267 g/mol. The van der Waals surface area contributed by atoms with Gasteiger partial charge in [-0.3, -0.25) is 10.1 Å². The first-order valence-corrected chi connectivity index (χ1v) is 5.31. The van der Waals surface area contributed by atoms with Crippen molar-refractivity contribution in [2.45, 2.75) is 5.54 Å². The molecule has 8 heteroatoms. The Kier molecular flexibility index (Phi) is 4.77. The summed E-state index contributed by atoms with van der Waals surface area (Å²) >= 11 is 0. The molecule has 8 nitrogen and oxygen atoms in total. The Bertz CT molecular complexity index is 499. The lowest BCUT2D eigenvalue weighted by molar-refractivity contribution is -0.384. The summed E-state index contributed by atoms with van der Waals surface area (Å²) in [4.78, 5) is 10.2. The summed E-state index contributed by atoms with van der Waals surface area (Å²) in [5.74, 6) is 0. The van der Waals surface area contributed by atoms with Crippen LogP contribution in [0.3, 0.4) is 0 Å². The second-order valence-corrected chi connectivity index (χ2v) is 3.98. The second-order valence-electron chi connectivity index (χ2n) is 3.98. The standard InChI is InChI=1S/C11H13N3O5/c12-4-8-1-2-10(14(18)19)9(3-8)13-11(5-15,6-16)7-17/h1-3,13,15-17H,5-7H2. The van der Waals surface area contributed by atoms with Crippen molar-refractivity contribution >= 4 is 11.4 Å². The number of nitrogens with zero attached hydrogens (tertiary/aromatic N) is 2. The number of aliphatic hydroxyl groups excluding tert-OH is 3. The molecular weight excluding hydrogens is 254 g/mol. The number of rotatable bonds is 6. The van der Waals surface area contributed by atoms with E-state index in [1.54, 1.807) is 0 Å². The topological polar surface area (TPSA) is 140 Å². The molecule has 1 aromatic rings. The maximum Gasteiger partial charge on any atom is 0.292 e. The third kappa shape index (κ3) is 3.17. The van der Waals surface area contributed by atoms with Gasteiger partial charge in [0.1, 0.15) is 11.2 Å². The van der Waals surface area contributed by atoms with Crippen LogP contribution in [0.2, 0.25) is 0 Å². The molecule has 19 heavy (non-hydrogen) atoms. The van der Waals surface area contributed by atoms with Gasteiger partial charge in [-0.2, -0.15) is 5.26 Å². The highest BCUT2D eigenvalue weighted by molar-refractivity contribution is 5.65. The molecule has 0 amide bonds. The third-order valence-corrected chi connectivity index (χ3v) is 2.63. The molecule has 0 spiro atoms. The SMILES string of the molecule is N#Cc1ccc([N+](=O)[O-])c(NC(CO)(CO)CO)c1. The van der Waals surface area contributed by atoms with Crippen LogP contribution in [0.4, 0.5) is 11.4 Å². The molecule has 1 rings (SSSR count). The Morgan fingerprint density at radius 1 is 1.32 bits per heavy atom. The number of aliphatic hydroxyl groups is 3. The number of hydrogen-bond acceptors (Lipinski definition) is 7. The van der Waals surface area contributed by atoms with E-state index in [1.807, 2.05) is 6.07 Å². The van der Waals surface area contributed by atoms with Crippen molar-refractivity contribution in [1.29, 1.82) is 5.26 Å². The van der Waals surface area contributed by atoms with Gasteiger partial charge in [-0.1, -0.05) is 0 Å². The molecule has 0 saturated heterocycles. The number of nitrogens with one attached hydrogen (secondary N) is 1. The van der Waals surface area contributed by atoms with Gasteiger partial charge in [0.2, 0.25) is 0 Å². The summed E-state index contributed by atoms with van der Waals surface area (Å²) in [7, 11) is 0. The van der Waals surface area contributed by atoms with E-state index in [9.17, 15) is 25.4 Å². The van der Waals surface area contributed by atoms with E-state index in [0.717, 1.165) is 6.07 Å². The zero-order chi connectivity index (χ0) is 14.5. The first-order valence-electron chi connectivity index (χ1n) is 5.31. The minimum absolute atomic E-state index is 0.0544. The Morgan fingerprint density at radius 2 is 1.89 bits per heavy atom. The Morgan fingerprint density at radius 3 is 2.32 bits per heavy atom. The zero-order valence-electron chi connectivity index (χ0n) is 9.91. The smallest absolute Gasteiger partial charge is 0.292 e. The van der Waals surface area contributed by atoms with Crippen LogP contribution in [0.1, 0.15) is 5.56 Å². The molecule has 0 atom stereocenters. The number of nitro groups is 1. The molecule has 102 valence electrons. The van der Waals surface area contributed by atoms with E-state index < -0.39 is 30.3 Å². The molecule has 0 radical (unpaired) electrons. The van der Waals surface area contributed by atoms with Gasteiger partial charge in [-0.05, 0) is 12.1 Å². The van der Waals surface area contributed by atoms with Gasteiger partial charge in [0.05, 0.1) is 36.4 Å². The lowest BCUT2D eigenvalue weighted by Crippen LogP contribution is -2.49. The van der Waals surface area contributed by atoms with Crippen LogP contribution in [0, 0.1) is 21.4 Å². The van der Waals surface area contributed by atoms with Crippen LogP contribution >= 0.6 is 0 Å². The number of hydrogen-bond donors (Lipinski definition) is 4. The molecular formula is C11H13N3O5. The lowest BCUT2D eigenvalue weighted by atomic mass is 10.0. The number of nitriles is 1. The van der Waals surface area contributed by atoms with Crippen LogP contribution in [0.5, 0.6) is 0 Å². The number of benzene rings is 1. The molecule has 0 fully saturated rings. The van der Waals surface area contributed by atoms with Gasteiger partial charge < -0.3 is 20.6 Å². The summed E-state index contributed by atoms with van der Waals surface area (Å²) in [6, 6.07) is 5.46. The zero-order valence-corrected chi connectivity index (χ0v) is 9.91. The first-order chi connectivity index (χ1) is 9.01. The maximum atomic E-state index is 10.9. The molecule has 0 heterocycles. The van der Waals surface area contributed by atoms with E-state index >= 15 is 0 Å². The van der Waals surface area contributed by atoms with E-state index in [4.69, 9.17) is 5.26 Å². The van der Waals surface area contributed by atoms with Crippen LogP contribution in [-0.4, -0.2) is 45.6 Å². The quantitative estimate of drug-likeness (QED) is 0.406. The fraction of sp³-hybridized carbons (Fsp3) is 0.364. The van der Waals surface area contributed by atoms with Crippen molar-refractivity contribution in [2.24, 2.45) is 0 Å². The van der Waals surface area contributed by atoms with E-state index in [2.05, 4.69) is 5.32 Å². The highest BCUT2D eigenvalue weighted by Gasteiger charge is 2.30. The minimum atomic E-state index is -1.50. The molecule has 0 aliphatic carbocycles. The van der Waals surface area contributed by atoms with Crippen LogP contribution in [0.15, 0.2) is 18.2 Å². The fourth-order valence-corrected chi connectivity index (χ4v) is 1.42. The van der Waals surface area contributed by atoms with Gasteiger partial charge >= 0.3 is 0 Å². The maximum absolute atomic E-state index is 10.9. The summed E-state index contributed by atoms with van der Waals surface area (Å²) < 4.78 is 0. The average Bonchev–Trinajstić information content (AvgIpc) is 2.44. The highest BCUT2D eigenvalue weighted by atomic mass is 16.6. The van der Waals surface area contributed by atoms with Crippen LogP contribution < -0.4 is 5.32 Å².